The lowest BCUT2D eigenvalue weighted by molar-refractivity contribution is 0.0937. The normalized spacial score (nSPS) is 22.7. The van der Waals surface area contributed by atoms with Crippen molar-refractivity contribution in [1.29, 1.82) is 0 Å². The fourth-order valence-corrected chi connectivity index (χ4v) is 3.92. The van der Waals surface area contributed by atoms with Crippen LogP contribution in [0.15, 0.2) is 0 Å². The Morgan fingerprint density at radius 2 is 2.17 bits per heavy atom. The Bertz CT molecular complexity index is 543. The van der Waals surface area contributed by atoms with E-state index in [2.05, 4.69) is 15.5 Å². The Morgan fingerprint density at radius 1 is 1.44 bits per heavy atom. The quantitative estimate of drug-likeness (QED) is 0.811. The van der Waals surface area contributed by atoms with E-state index in [1.807, 2.05) is 0 Å². The van der Waals surface area contributed by atoms with Crippen molar-refractivity contribution in [2.45, 2.75) is 32.7 Å². The lowest BCUT2D eigenvalue weighted by Gasteiger charge is -2.23. The third kappa shape index (κ3) is 2.72. The van der Waals surface area contributed by atoms with Crippen molar-refractivity contribution in [3.63, 3.8) is 0 Å². The Morgan fingerprint density at radius 3 is 2.72 bits per heavy atom. The first-order valence-electron chi connectivity index (χ1n) is 5.92. The van der Waals surface area contributed by atoms with Crippen LogP contribution in [0.4, 0.5) is 0 Å². The van der Waals surface area contributed by atoms with E-state index in [0.29, 0.717) is 29.8 Å². The smallest absolute Gasteiger partial charge is 0.255 e. The highest BCUT2D eigenvalue weighted by Gasteiger charge is 2.27. The minimum Gasteiger partial charge on any atom is -0.348 e. The Hall–Kier alpha value is -1.37. The van der Waals surface area contributed by atoms with E-state index >= 15 is 0 Å². The average Bonchev–Trinajstić information content (AvgIpc) is 2.57. The molecule has 2 heterocycles. The molecule has 1 saturated heterocycles. The van der Waals surface area contributed by atoms with Gasteiger partial charge in [-0.05, 0) is 26.7 Å². The molecular weight excluding hydrogens is 254 g/mol. The molecule has 0 bridgehead atoms. The van der Waals surface area contributed by atoms with Crippen LogP contribution < -0.4 is 5.32 Å². The largest absolute Gasteiger partial charge is 0.348 e. The number of hydrogen-bond acceptors (Lipinski definition) is 4. The molecule has 0 saturated carbocycles. The third-order valence-electron chi connectivity index (χ3n) is 3.15. The van der Waals surface area contributed by atoms with Gasteiger partial charge in [-0.3, -0.25) is 9.89 Å². The van der Waals surface area contributed by atoms with Crippen molar-refractivity contribution in [3.05, 3.63) is 17.0 Å². The summed E-state index contributed by atoms with van der Waals surface area (Å²) in [6.45, 7) is 3.52. The summed E-state index contributed by atoms with van der Waals surface area (Å²) in [7, 11) is -3.00. The summed E-state index contributed by atoms with van der Waals surface area (Å²) in [4.78, 5) is 12.1. The van der Waals surface area contributed by atoms with Gasteiger partial charge in [0.25, 0.3) is 5.91 Å². The molecule has 6 nitrogen and oxygen atoms in total. The predicted molar refractivity (Wildman–Crippen MR) is 67.2 cm³/mol. The average molecular weight is 271 g/mol. The van der Waals surface area contributed by atoms with E-state index in [4.69, 9.17) is 0 Å². The van der Waals surface area contributed by atoms with Gasteiger partial charge in [0, 0.05) is 11.7 Å². The fourth-order valence-electron chi connectivity index (χ4n) is 2.28. The summed E-state index contributed by atoms with van der Waals surface area (Å²) in [6.07, 6.45) is 1.32. The molecule has 1 aromatic heterocycles. The second-order valence-corrected chi connectivity index (χ2v) is 6.96. The molecule has 1 unspecified atom stereocenters. The lowest BCUT2D eigenvalue weighted by atomic mass is 10.1. The molecule has 1 aliphatic heterocycles. The number of carbonyl (C=O) groups is 1. The number of amides is 1. The summed E-state index contributed by atoms with van der Waals surface area (Å²) in [6, 6.07) is -0.287. The molecule has 1 atom stereocenters. The van der Waals surface area contributed by atoms with E-state index < -0.39 is 9.84 Å². The molecular formula is C11H17N3O3S. The van der Waals surface area contributed by atoms with Gasteiger partial charge in [-0.1, -0.05) is 0 Å². The van der Waals surface area contributed by atoms with Crippen molar-refractivity contribution < 1.29 is 13.2 Å². The highest BCUT2D eigenvalue weighted by molar-refractivity contribution is 7.91. The predicted octanol–water partition coefficient (Wildman–Crippen LogP) is 0.334. The van der Waals surface area contributed by atoms with Gasteiger partial charge in [0.05, 0.1) is 22.8 Å². The molecule has 7 heteroatoms. The van der Waals surface area contributed by atoms with E-state index in [-0.39, 0.29) is 23.5 Å². The number of nitrogens with one attached hydrogen (secondary N) is 2. The summed E-state index contributed by atoms with van der Waals surface area (Å²) in [5.74, 6) is 0.0125. The van der Waals surface area contributed by atoms with Crippen molar-refractivity contribution in [2.24, 2.45) is 0 Å². The minimum absolute atomic E-state index is 0.0364. The van der Waals surface area contributed by atoms with Gasteiger partial charge in [-0.15, -0.1) is 0 Å². The Labute approximate surface area is 106 Å². The zero-order valence-electron chi connectivity index (χ0n) is 10.5. The van der Waals surface area contributed by atoms with Crippen LogP contribution >= 0.6 is 0 Å². The number of aryl methyl sites for hydroxylation is 2. The van der Waals surface area contributed by atoms with Crippen LogP contribution in [0.1, 0.15) is 34.6 Å². The number of sulfone groups is 1. The van der Waals surface area contributed by atoms with Gasteiger partial charge in [0.15, 0.2) is 9.84 Å². The van der Waals surface area contributed by atoms with Gasteiger partial charge >= 0.3 is 0 Å². The molecule has 2 N–H and O–H groups in total. The number of H-pyrrole nitrogens is 1. The van der Waals surface area contributed by atoms with Crippen LogP contribution in [-0.2, 0) is 9.84 Å². The molecule has 0 aromatic carbocycles. The molecule has 1 aliphatic rings. The first-order valence-corrected chi connectivity index (χ1v) is 7.74. The number of aromatic amines is 1. The van der Waals surface area contributed by atoms with Crippen molar-refractivity contribution in [1.82, 2.24) is 15.5 Å². The Balaban J connectivity index is 2.08. The van der Waals surface area contributed by atoms with E-state index in [0.717, 1.165) is 0 Å². The zero-order valence-corrected chi connectivity index (χ0v) is 11.3. The van der Waals surface area contributed by atoms with Gasteiger partial charge in [-0.2, -0.15) is 5.10 Å². The van der Waals surface area contributed by atoms with E-state index in [9.17, 15) is 13.2 Å². The van der Waals surface area contributed by atoms with Gasteiger partial charge < -0.3 is 5.32 Å². The van der Waals surface area contributed by atoms with Crippen molar-refractivity contribution in [2.75, 3.05) is 11.5 Å². The SMILES string of the molecule is Cc1n[nH]c(C)c1C(=O)NC1CCCS(=O)(=O)C1. The standard InChI is InChI=1S/C11H17N3O3S/c1-7-10(8(2)14-13-7)11(15)12-9-4-3-5-18(16,17)6-9/h9H,3-6H2,1-2H3,(H,12,15)(H,13,14). The monoisotopic (exact) mass is 271 g/mol. The van der Waals surface area contributed by atoms with Crippen LogP contribution in [0.5, 0.6) is 0 Å². The maximum absolute atomic E-state index is 12.1. The molecule has 0 spiro atoms. The summed E-state index contributed by atoms with van der Waals surface area (Å²) in [5, 5.41) is 9.48. The molecule has 0 aliphatic carbocycles. The number of nitrogens with zero attached hydrogens (tertiary/aromatic N) is 1. The lowest BCUT2D eigenvalue weighted by Crippen LogP contribution is -2.43. The first kappa shape index (κ1) is 13.1. The van der Waals surface area contributed by atoms with Crippen LogP contribution in [0, 0.1) is 13.8 Å². The highest BCUT2D eigenvalue weighted by atomic mass is 32.2. The highest BCUT2D eigenvalue weighted by Crippen LogP contribution is 2.14. The summed E-state index contributed by atoms with van der Waals surface area (Å²) >= 11 is 0. The van der Waals surface area contributed by atoms with E-state index in [1.165, 1.54) is 0 Å². The molecule has 1 aromatic rings. The first-order chi connectivity index (χ1) is 8.39. The second-order valence-electron chi connectivity index (χ2n) is 4.74. The van der Waals surface area contributed by atoms with Gasteiger partial charge in [-0.25, -0.2) is 8.42 Å². The molecule has 100 valence electrons. The van der Waals surface area contributed by atoms with E-state index in [1.54, 1.807) is 13.8 Å². The number of carbonyl (C=O) groups excluding carboxylic acids is 1. The van der Waals surface area contributed by atoms with Crippen LogP contribution in [0.2, 0.25) is 0 Å². The maximum Gasteiger partial charge on any atom is 0.255 e. The third-order valence-corrected chi connectivity index (χ3v) is 4.97. The van der Waals surface area contributed by atoms with Crippen molar-refractivity contribution in [3.8, 4) is 0 Å². The van der Waals surface area contributed by atoms with Crippen LogP contribution in [0.25, 0.3) is 0 Å². The van der Waals surface area contributed by atoms with Crippen molar-refractivity contribution >= 4 is 15.7 Å². The fraction of sp³-hybridized carbons (Fsp3) is 0.636. The molecule has 2 rings (SSSR count). The Kier molecular flexibility index (Phi) is 3.43. The zero-order chi connectivity index (χ0) is 13.3. The molecule has 1 fully saturated rings. The number of hydrogen-bond donors (Lipinski definition) is 2. The van der Waals surface area contributed by atoms with Crippen LogP contribution in [0.3, 0.4) is 0 Å². The molecule has 18 heavy (non-hydrogen) atoms. The molecule has 0 radical (unpaired) electrons. The van der Waals surface area contributed by atoms with Gasteiger partial charge in [0.2, 0.25) is 0 Å². The van der Waals surface area contributed by atoms with Crippen LogP contribution in [-0.4, -0.2) is 42.1 Å². The second kappa shape index (κ2) is 4.72. The molecule has 1 amide bonds. The minimum atomic E-state index is -3.00. The maximum atomic E-state index is 12.1. The number of rotatable bonds is 2. The number of aromatic nitrogens is 2. The summed E-state index contributed by atoms with van der Waals surface area (Å²) < 4.78 is 23.0. The topological polar surface area (TPSA) is 91.9 Å². The summed E-state index contributed by atoms with van der Waals surface area (Å²) in [5.41, 5.74) is 1.84. The van der Waals surface area contributed by atoms with Gasteiger partial charge in [0.1, 0.15) is 0 Å².